The number of rotatable bonds is 2. The lowest BCUT2D eigenvalue weighted by Crippen LogP contribution is -2.42. The fraction of sp³-hybridized carbons (Fsp3) is 0.733. The highest BCUT2D eigenvalue weighted by Gasteiger charge is 2.40. The molecule has 1 spiro atoms. The average molecular weight is 262 g/mol. The van der Waals surface area contributed by atoms with Crippen LogP contribution in [0.4, 0.5) is 0 Å². The van der Waals surface area contributed by atoms with Crippen molar-refractivity contribution in [3.63, 3.8) is 0 Å². The molecule has 19 heavy (non-hydrogen) atoms. The van der Waals surface area contributed by atoms with Crippen LogP contribution in [0.2, 0.25) is 0 Å². The average Bonchev–Trinajstić information content (AvgIpc) is 2.48. The molecule has 2 unspecified atom stereocenters. The molecular weight excluding hydrogens is 240 g/mol. The Morgan fingerprint density at radius 3 is 2.68 bits per heavy atom. The van der Waals surface area contributed by atoms with E-state index in [1.165, 1.54) is 25.6 Å². The third-order valence-corrected chi connectivity index (χ3v) is 4.66. The normalized spacial score (nSPS) is 28.2. The van der Waals surface area contributed by atoms with Crippen LogP contribution in [-0.4, -0.2) is 27.3 Å². The number of hydrogen-bond donors (Lipinski definition) is 1. The predicted molar refractivity (Wildman–Crippen MR) is 71.5 cm³/mol. The Hall–Kier alpha value is -1.00. The molecule has 1 aliphatic heterocycles. The topological polar surface area (TPSA) is 55.2 Å². The number of ether oxygens (including phenoxy) is 1. The summed E-state index contributed by atoms with van der Waals surface area (Å²) in [5, 5.41) is 10.5. The van der Waals surface area contributed by atoms with Gasteiger partial charge in [-0.2, -0.15) is 0 Å². The van der Waals surface area contributed by atoms with Crippen LogP contribution in [-0.2, 0) is 4.74 Å². The summed E-state index contributed by atoms with van der Waals surface area (Å²) in [6.45, 7) is 0.773. The van der Waals surface area contributed by atoms with Gasteiger partial charge >= 0.3 is 0 Å². The lowest BCUT2D eigenvalue weighted by atomic mass is 9.74. The van der Waals surface area contributed by atoms with Gasteiger partial charge in [-0.15, -0.1) is 0 Å². The van der Waals surface area contributed by atoms with Gasteiger partial charge < -0.3 is 9.84 Å². The summed E-state index contributed by atoms with van der Waals surface area (Å²) < 4.78 is 6.08. The Morgan fingerprint density at radius 1 is 1.21 bits per heavy atom. The molecular formula is C15H22N2O2. The lowest BCUT2D eigenvalue weighted by Gasteiger charge is -2.44. The maximum atomic E-state index is 10.5. The van der Waals surface area contributed by atoms with Crippen molar-refractivity contribution in [2.24, 2.45) is 5.92 Å². The summed E-state index contributed by atoms with van der Waals surface area (Å²) in [7, 11) is 0. The first kappa shape index (κ1) is 13.0. The first-order valence-corrected chi connectivity index (χ1v) is 7.36. The van der Waals surface area contributed by atoms with Crippen molar-refractivity contribution >= 4 is 0 Å². The predicted octanol–water partition coefficient (Wildman–Crippen LogP) is 2.64. The summed E-state index contributed by atoms with van der Waals surface area (Å²) in [5.41, 5.74) is 0.873. The first-order valence-electron chi connectivity index (χ1n) is 7.36. The van der Waals surface area contributed by atoms with Crippen LogP contribution in [0, 0.1) is 5.92 Å². The fourth-order valence-corrected chi connectivity index (χ4v) is 3.62. The minimum Gasteiger partial charge on any atom is -0.388 e. The van der Waals surface area contributed by atoms with E-state index in [-0.39, 0.29) is 11.5 Å². The molecule has 1 aromatic rings. The Labute approximate surface area is 114 Å². The Balaban J connectivity index is 1.71. The Morgan fingerprint density at radius 2 is 1.95 bits per heavy atom. The quantitative estimate of drug-likeness (QED) is 0.890. The van der Waals surface area contributed by atoms with Crippen LogP contribution in [0.25, 0.3) is 0 Å². The van der Waals surface area contributed by atoms with Crippen molar-refractivity contribution in [1.29, 1.82) is 0 Å². The maximum absolute atomic E-state index is 10.5. The van der Waals surface area contributed by atoms with Crippen LogP contribution >= 0.6 is 0 Å². The van der Waals surface area contributed by atoms with Gasteiger partial charge in [0.2, 0.25) is 0 Å². The second kappa shape index (κ2) is 5.55. The van der Waals surface area contributed by atoms with Crippen LogP contribution in [0.1, 0.15) is 56.6 Å². The van der Waals surface area contributed by atoms with Gasteiger partial charge in [0.25, 0.3) is 0 Å². The van der Waals surface area contributed by atoms with Crippen molar-refractivity contribution in [2.75, 3.05) is 6.61 Å². The summed E-state index contributed by atoms with van der Waals surface area (Å²) in [6, 6.07) is 0. The van der Waals surface area contributed by atoms with Gasteiger partial charge in [0, 0.05) is 24.6 Å². The molecule has 3 rings (SSSR count). The zero-order valence-corrected chi connectivity index (χ0v) is 11.3. The molecule has 2 heterocycles. The molecule has 2 aliphatic rings. The molecule has 1 saturated carbocycles. The number of nitrogens with zero attached hydrogens (tertiary/aromatic N) is 2. The van der Waals surface area contributed by atoms with E-state index in [0.29, 0.717) is 0 Å². The van der Waals surface area contributed by atoms with Gasteiger partial charge in [0.05, 0.1) is 11.7 Å². The second-order valence-corrected chi connectivity index (χ2v) is 5.96. The molecule has 1 N–H and O–H groups in total. The van der Waals surface area contributed by atoms with Crippen molar-refractivity contribution < 1.29 is 9.84 Å². The SMILES string of the molecule is OC(c1cncnc1)C1CCOC2(CCCCC2)C1. The summed E-state index contributed by atoms with van der Waals surface area (Å²) >= 11 is 0. The van der Waals surface area contributed by atoms with E-state index in [1.54, 1.807) is 12.4 Å². The molecule has 2 fully saturated rings. The molecule has 0 radical (unpaired) electrons. The van der Waals surface area contributed by atoms with Crippen LogP contribution < -0.4 is 0 Å². The zero-order chi connectivity index (χ0) is 13.1. The van der Waals surface area contributed by atoms with E-state index in [4.69, 9.17) is 4.74 Å². The largest absolute Gasteiger partial charge is 0.388 e. The van der Waals surface area contributed by atoms with Gasteiger partial charge in [0.1, 0.15) is 6.33 Å². The monoisotopic (exact) mass is 262 g/mol. The molecule has 1 aromatic heterocycles. The van der Waals surface area contributed by atoms with Crippen molar-refractivity contribution in [1.82, 2.24) is 9.97 Å². The first-order chi connectivity index (χ1) is 9.29. The van der Waals surface area contributed by atoms with E-state index in [2.05, 4.69) is 9.97 Å². The van der Waals surface area contributed by atoms with Gasteiger partial charge in [-0.25, -0.2) is 9.97 Å². The minimum atomic E-state index is -0.455. The van der Waals surface area contributed by atoms with E-state index in [9.17, 15) is 5.11 Å². The standard InChI is InChI=1S/C15H22N2O2/c18-14(13-9-16-11-17-10-13)12-4-7-19-15(8-12)5-2-1-3-6-15/h9-12,14,18H,1-8H2. The molecule has 0 amide bonds. The molecule has 4 heteroatoms. The van der Waals surface area contributed by atoms with Crippen molar-refractivity contribution in [2.45, 2.75) is 56.7 Å². The van der Waals surface area contributed by atoms with E-state index >= 15 is 0 Å². The van der Waals surface area contributed by atoms with Gasteiger partial charge in [-0.1, -0.05) is 19.3 Å². The van der Waals surface area contributed by atoms with Gasteiger partial charge in [-0.3, -0.25) is 0 Å². The lowest BCUT2D eigenvalue weighted by molar-refractivity contribution is -0.134. The molecule has 4 nitrogen and oxygen atoms in total. The molecule has 2 atom stereocenters. The highest BCUT2D eigenvalue weighted by molar-refractivity contribution is 5.09. The Kier molecular flexibility index (Phi) is 3.80. The number of hydrogen-bond acceptors (Lipinski definition) is 4. The van der Waals surface area contributed by atoms with E-state index in [1.807, 2.05) is 0 Å². The third-order valence-electron chi connectivity index (χ3n) is 4.66. The van der Waals surface area contributed by atoms with Crippen LogP contribution in [0.5, 0.6) is 0 Å². The molecule has 1 saturated heterocycles. The molecule has 104 valence electrons. The number of aromatic nitrogens is 2. The third kappa shape index (κ3) is 2.79. The maximum Gasteiger partial charge on any atom is 0.115 e. The summed E-state index contributed by atoms with van der Waals surface area (Å²) in [5.74, 6) is 0.276. The second-order valence-electron chi connectivity index (χ2n) is 5.96. The highest BCUT2D eigenvalue weighted by Crippen LogP contribution is 2.44. The number of aliphatic hydroxyl groups is 1. The van der Waals surface area contributed by atoms with E-state index in [0.717, 1.165) is 37.9 Å². The fourth-order valence-electron chi connectivity index (χ4n) is 3.62. The minimum absolute atomic E-state index is 0.0395. The molecule has 1 aliphatic carbocycles. The van der Waals surface area contributed by atoms with E-state index < -0.39 is 6.10 Å². The van der Waals surface area contributed by atoms with Gasteiger partial charge in [-0.05, 0) is 31.6 Å². The zero-order valence-electron chi connectivity index (χ0n) is 11.3. The van der Waals surface area contributed by atoms with Crippen molar-refractivity contribution in [3.8, 4) is 0 Å². The van der Waals surface area contributed by atoms with Crippen LogP contribution in [0.15, 0.2) is 18.7 Å². The molecule has 0 aromatic carbocycles. The summed E-state index contributed by atoms with van der Waals surface area (Å²) in [4.78, 5) is 8.00. The van der Waals surface area contributed by atoms with Crippen LogP contribution in [0.3, 0.4) is 0 Å². The van der Waals surface area contributed by atoms with Crippen molar-refractivity contribution in [3.05, 3.63) is 24.3 Å². The van der Waals surface area contributed by atoms with Gasteiger partial charge in [0.15, 0.2) is 0 Å². The number of aliphatic hydroxyl groups excluding tert-OH is 1. The highest BCUT2D eigenvalue weighted by atomic mass is 16.5. The molecule has 0 bridgehead atoms. The Bertz CT molecular complexity index is 398. The summed E-state index contributed by atoms with van der Waals surface area (Å²) in [6.07, 6.45) is 12.6. The smallest absolute Gasteiger partial charge is 0.115 e.